The van der Waals surface area contributed by atoms with Gasteiger partial charge in [-0.15, -0.1) is 0 Å². The van der Waals surface area contributed by atoms with Crippen molar-refractivity contribution in [1.82, 2.24) is 29.1 Å². The molecule has 1 aliphatic rings. The van der Waals surface area contributed by atoms with Gasteiger partial charge in [-0.25, -0.2) is 4.79 Å². The van der Waals surface area contributed by atoms with Crippen LogP contribution in [0.4, 0.5) is 0 Å². The first-order valence-corrected chi connectivity index (χ1v) is 12.0. The van der Waals surface area contributed by atoms with E-state index in [2.05, 4.69) is 28.2 Å². The third kappa shape index (κ3) is 3.51. The number of nitrogens with zero attached hydrogens (tertiary/aromatic N) is 7. The predicted octanol–water partition coefficient (Wildman–Crippen LogP) is 3.95. The van der Waals surface area contributed by atoms with E-state index in [4.69, 9.17) is 9.15 Å². The van der Waals surface area contributed by atoms with Gasteiger partial charge in [-0.05, 0) is 31.4 Å². The summed E-state index contributed by atoms with van der Waals surface area (Å²) in [6.45, 7) is 2.67. The number of hydrogen-bond donors (Lipinski definition) is 0. The van der Waals surface area contributed by atoms with E-state index >= 15 is 0 Å². The molecular formula is C26H25N7O3. The Morgan fingerprint density at radius 2 is 1.89 bits per heavy atom. The number of fused-ring (bicyclic) bond motifs is 3. The van der Waals surface area contributed by atoms with Crippen LogP contribution in [0.1, 0.15) is 37.8 Å². The van der Waals surface area contributed by atoms with Gasteiger partial charge in [0.05, 0.1) is 30.1 Å². The average Bonchev–Trinajstić information content (AvgIpc) is 3.61. The van der Waals surface area contributed by atoms with Crippen molar-refractivity contribution in [2.24, 2.45) is 14.1 Å². The van der Waals surface area contributed by atoms with Gasteiger partial charge in [-0.1, -0.05) is 6.92 Å². The third-order valence-electron chi connectivity index (χ3n) is 6.95. The van der Waals surface area contributed by atoms with Gasteiger partial charge in [0.1, 0.15) is 16.8 Å². The van der Waals surface area contributed by atoms with Crippen molar-refractivity contribution in [1.29, 1.82) is 5.26 Å². The molecule has 0 unspecified atom stereocenters. The summed E-state index contributed by atoms with van der Waals surface area (Å²) < 4.78 is 17.4. The molecule has 5 heterocycles. The molecule has 1 fully saturated rings. The first kappa shape index (κ1) is 22.2. The Labute approximate surface area is 206 Å². The molecule has 6 rings (SSSR count). The van der Waals surface area contributed by atoms with Gasteiger partial charge in [-0.2, -0.15) is 20.4 Å². The SMILES string of the molecule is CC[C@H]1C[C@@H](n2c(=O)nc(-c3cnn(C)c3)c3oc4cc(C#N)c(-c5cnn(C)c5)cc4c32)CCO1. The fraction of sp³-hybridized carbons (Fsp3) is 0.346. The second-order valence-electron chi connectivity index (χ2n) is 9.28. The summed E-state index contributed by atoms with van der Waals surface area (Å²) in [6, 6.07) is 5.87. The number of rotatable bonds is 4. The molecule has 182 valence electrons. The first-order chi connectivity index (χ1) is 17.5. The molecule has 36 heavy (non-hydrogen) atoms. The number of aryl methyl sites for hydroxylation is 2. The highest BCUT2D eigenvalue weighted by molar-refractivity contribution is 6.08. The van der Waals surface area contributed by atoms with E-state index in [9.17, 15) is 10.1 Å². The van der Waals surface area contributed by atoms with Crippen molar-refractivity contribution in [3.05, 3.63) is 53.0 Å². The quantitative estimate of drug-likeness (QED) is 0.380. The van der Waals surface area contributed by atoms with Crippen LogP contribution in [0.5, 0.6) is 0 Å². The van der Waals surface area contributed by atoms with E-state index in [1.54, 1.807) is 32.4 Å². The van der Waals surface area contributed by atoms with Gasteiger partial charge in [0, 0.05) is 61.2 Å². The van der Waals surface area contributed by atoms with Crippen molar-refractivity contribution in [2.75, 3.05) is 6.61 Å². The molecule has 2 atom stereocenters. The van der Waals surface area contributed by atoms with Gasteiger partial charge >= 0.3 is 5.69 Å². The molecule has 10 nitrogen and oxygen atoms in total. The van der Waals surface area contributed by atoms with Gasteiger partial charge < -0.3 is 9.15 Å². The topological polar surface area (TPSA) is 117 Å². The summed E-state index contributed by atoms with van der Waals surface area (Å²) in [5.74, 6) is 0. The minimum atomic E-state index is -0.335. The summed E-state index contributed by atoms with van der Waals surface area (Å²) in [5, 5.41) is 19.2. The fourth-order valence-corrected chi connectivity index (χ4v) is 5.17. The van der Waals surface area contributed by atoms with Crippen LogP contribution in [0, 0.1) is 11.3 Å². The van der Waals surface area contributed by atoms with Gasteiger partial charge in [0.15, 0.2) is 5.58 Å². The van der Waals surface area contributed by atoms with Crippen LogP contribution in [-0.2, 0) is 18.8 Å². The Bertz CT molecular complexity index is 1720. The zero-order valence-corrected chi connectivity index (χ0v) is 20.3. The van der Waals surface area contributed by atoms with Crippen LogP contribution in [0.3, 0.4) is 0 Å². The molecule has 5 aromatic rings. The lowest BCUT2D eigenvalue weighted by Crippen LogP contribution is -2.34. The Kier molecular flexibility index (Phi) is 5.23. The summed E-state index contributed by atoms with van der Waals surface area (Å²) in [4.78, 5) is 18.1. The number of aromatic nitrogens is 6. The maximum atomic E-state index is 13.6. The molecule has 1 aromatic carbocycles. The van der Waals surface area contributed by atoms with E-state index in [1.807, 2.05) is 32.6 Å². The van der Waals surface area contributed by atoms with Gasteiger partial charge in [-0.3, -0.25) is 13.9 Å². The second-order valence-corrected chi connectivity index (χ2v) is 9.28. The summed E-state index contributed by atoms with van der Waals surface area (Å²) in [6.07, 6.45) is 9.45. The minimum absolute atomic E-state index is 0.0765. The molecule has 0 amide bonds. The Balaban J connectivity index is 1.69. The third-order valence-corrected chi connectivity index (χ3v) is 6.95. The molecule has 1 saturated heterocycles. The van der Waals surface area contributed by atoms with Gasteiger partial charge in [0.2, 0.25) is 0 Å². The maximum Gasteiger partial charge on any atom is 0.349 e. The lowest BCUT2D eigenvalue weighted by molar-refractivity contribution is -0.00709. The zero-order chi connectivity index (χ0) is 25.0. The van der Waals surface area contributed by atoms with Crippen LogP contribution in [0.25, 0.3) is 44.5 Å². The average molecular weight is 484 g/mol. The van der Waals surface area contributed by atoms with Crippen molar-refractivity contribution in [3.63, 3.8) is 0 Å². The Hall–Kier alpha value is -4.23. The smallest absolute Gasteiger partial charge is 0.349 e. The molecule has 0 aliphatic carbocycles. The molecular weight excluding hydrogens is 458 g/mol. The standard InChI is InChI=1S/C26H25N7O3/c1-4-19-8-18(5-6-35-19)33-24-21-9-20(16-11-28-31(2)13-16)15(10-27)7-22(21)36-25(24)23(30-26(33)34)17-12-29-32(3)14-17/h7,9,11-14,18-19H,4-6,8H2,1-3H3/t18-,19-/m0/s1. The lowest BCUT2D eigenvalue weighted by Gasteiger charge is -2.30. The number of furan rings is 1. The monoisotopic (exact) mass is 483 g/mol. The van der Waals surface area contributed by atoms with Crippen LogP contribution >= 0.6 is 0 Å². The Morgan fingerprint density at radius 1 is 1.14 bits per heavy atom. The molecule has 0 radical (unpaired) electrons. The minimum Gasteiger partial charge on any atom is -0.452 e. The molecule has 1 aliphatic heterocycles. The highest BCUT2D eigenvalue weighted by atomic mass is 16.5. The van der Waals surface area contributed by atoms with E-state index in [0.717, 1.165) is 29.4 Å². The summed E-state index contributed by atoms with van der Waals surface area (Å²) in [7, 11) is 3.65. The van der Waals surface area contributed by atoms with Crippen molar-refractivity contribution in [3.8, 4) is 28.5 Å². The van der Waals surface area contributed by atoms with Gasteiger partial charge in [0.25, 0.3) is 0 Å². The molecule has 10 heteroatoms. The van der Waals surface area contributed by atoms with Crippen LogP contribution in [0.15, 0.2) is 46.1 Å². The molecule has 0 spiro atoms. The van der Waals surface area contributed by atoms with E-state index < -0.39 is 0 Å². The van der Waals surface area contributed by atoms with Crippen molar-refractivity contribution in [2.45, 2.75) is 38.3 Å². The highest BCUT2D eigenvalue weighted by Gasteiger charge is 2.29. The van der Waals surface area contributed by atoms with Crippen LogP contribution in [-0.4, -0.2) is 41.8 Å². The highest BCUT2D eigenvalue weighted by Crippen LogP contribution is 2.39. The van der Waals surface area contributed by atoms with Crippen molar-refractivity contribution < 1.29 is 9.15 Å². The van der Waals surface area contributed by atoms with E-state index in [1.165, 1.54) is 0 Å². The first-order valence-electron chi connectivity index (χ1n) is 12.0. The Morgan fingerprint density at radius 3 is 2.56 bits per heavy atom. The number of hydrogen-bond acceptors (Lipinski definition) is 7. The lowest BCUT2D eigenvalue weighted by atomic mass is 9.99. The summed E-state index contributed by atoms with van der Waals surface area (Å²) >= 11 is 0. The molecule has 0 N–H and O–H groups in total. The molecule has 0 bridgehead atoms. The summed E-state index contributed by atoms with van der Waals surface area (Å²) in [5.41, 5.74) is 4.53. The van der Waals surface area contributed by atoms with Crippen molar-refractivity contribution >= 4 is 22.1 Å². The molecule has 4 aromatic heterocycles. The zero-order valence-electron chi connectivity index (χ0n) is 20.3. The number of benzene rings is 1. The van der Waals surface area contributed by atoms with E-state index in [-0.39, 0.29) is 17.8 Å². The fourth-order valence-electron chi connectivity index (χ4n) is 5.17. The normalized spacial score (nSPS) is 18.2. The van der Waals surface area contributed by atoms with Crippen LogP contribution in [0.2, 0.25) is 0 Å². The second kappa shape index (κ2) is 8.46. The maximum absolute atomic E-state index is 13.6. The predicted molar refractivity (Wildman–Crippen MR) is 133 cm³/mol. The number of nitriles is 1. The van der Waals surface area contributed by atoms with E-state index in [0.29, 0.717) is 46.5 Å². The number of ether oxygens (including phenoxy) is 1. The molecule has 0 saturated carbocycles. The largest absolute Gasteiger partial charge is 0.452 e. The van der Waals surface area contributed by atoms with Crippen LogP contribution < -0.4 is 5.69 Å².